The third-order valence-electron chi connectivity index (χ3n) is 13.7. The van der Waals surface area contributed by atoms with Gasteiger partial charge < -0.3 is 4.74 Å². The van der Waals surface area contributed by atoms with Crippen molar-refractivity contribution in [3.05, 3.63) is 0 Å². The molecule has 0 rings (SSSR count). The van der Waals surface area contributed by atoms with Gasteiger partial charge in [0.25, 0.3) is 0 Å². The normalized spacial score (nSPS) is 12.7. The molecule has 0 radical (unpaired) electrons. The van der Waals surface area contributed by atoms with Crippen molar-refractivity contribution in [2.24, 2.45) is 5.41 Å². The van der Waals surface area contributed by atoms with Gasteiger partial charge in [0.05, 0.1) is 12.0 Å². The van der Waals surface area contributed by atoms with Gasteiger partial charge in [-0.1, -0.05) is 317 Å². The van der Waals surface area contributed by atoms with Crippen LogP contribution in [0.5, 0.6) is 0 Å². The van der Waals surface area contributed by atoms with Crippen LogP contribution in [-0.2, 0) is 9.53 Å². The summed E-state index contributed by atoms with van der Waals surface area (Å²) in [6.07, 6.45) is 66.1. The minimum absolute atomic E-state index is 0.188. The minimum Gasteiger partial charge on any atom is -0.465 e. The molecule has 0 aromatic carbocycles. The lowest BCUT2D eigenvalue weighted by molar-refractivity contribution is -0.158. The second kappa shape index (κ2) is 49.1. The van der Waals surface area contributed by atoms with Crippen LogP contribution in [0.4, 0.5) is 0 Å². The van der Waals surface area contributed by atoms with Crippen LogP contribution >= 0.6 is 0 Å². The van der Waals surface area contributed by atoms with Crippen LogP contribution in [0.3, 0.4) is 0 Å². The largest absolute Gasteiger partial charge is 0.465 e. The molecule has 0 N–H and O–H groups in total. The monoisotopic (exact) mass is 817 g/mol. The number of carbonyl (C=O) groups is 1. The van der Waals surface area contributed by atoms with Crippen LogP contribution in [0, 0.1) is 5.41 Å². The molecule has 0 saturated carbocycles. The Morgan fingerprint density at radius 2 is 0.431 bits per heavy atom. The zero-order chi connectivity index (χ0) is 42.1. The van der Waals surface area contributed by atoms with Crippen molar-refractivity contribution in [1.82, 2.24) is 0 Å². The van der Waals surface area contributed by atoms with E-state index in [1.807, 2.05) is 0 Å². The lowest BCUT2D eigenvalue weighted by Gasteiger charge is -2.32. The standard InChI is InChI=1S/C56H112O2/c1-5-9-13-17-21-24-27-29-31-32-34-36-39-42-46-50-54-58-55(57)56(51-47-43-20-16-12-8-4,52-48-44-40-37-26-23-19-15-11-7-3)53-49-45-41-38-35-33-30-28-25-22-18-14-10-6-2/h5-54H2,1-4H3. The summed E-state index contributed by atoms with van der Waals surface area (Å²) < 4.78 is 6.30. The third kappa shape index (κ3) is 40.9. The number of hydrogen-bond acceptors (Lipinski definition) is 2. The Bertz CT molecular complexity index is 762. The first-order valence-corrected chi connectivity index (χ1v) is 27.8. The number of rotatable bonds is 51. The second-order valence-electron chi connectivity index (χ2n) is 19.5. The Morgan fingerprint density at radius 1 is 0.259 bits per heavy atom. The van der Waals surface area contributed by atoms with E-state index in [-0.39, 0.29) is 11.4 Å². The number of esters is 1. The van der Waals surface area contributed by atoms with Gasteiger partial charge in [-0.05, 0) is 25.7 Å². The molecule has 0 saturated heterocycles. The van der Waals surface area contributed by atoms with Crippen LogP contribution in [0.15, 0.2) is 0 Å². The average Bonchev–Trinajstić information content (AvgIpc) is 3.23. The third-order valence-corrected chi connectivity index (χ3v) is 13.7. The quantitative estimate of drug-likeness (QED) is 0.0452. The van der Waals surface area contributed by atoms with Gasteiger partial charge in [0.2, 0.25) is 0 Å². The van der Waals surface area contributed by atoms with E-state index < -0.39 is 0 Å². The summed E-state index contributed by atoms with van der Waals surface area (Å²) in [5.41, 5.74) is -0.239. The molecule has 2 nitrogen and oxygen atoms in total. The molecular weight excluding hydrogens is 705 g/mol. The Hall–Kier alpha value is -0.530. The number of ether oxygens (including phenoxy) is 1. The summed E-state index contributed by atoms with van der Waals surface area (Å²) in [5, 5.41) is 0. The molecule has 0 aromatic heterocycles. The van der Waals surface area contributed by atoms with Crippen LogP contribution in [0.25, 0.3) is 0 Å². The van der Waals surface area contributed by atoms with Gasteiger partial charge in [-0.3, -0.25) is 4.79 Å². The predicted molar refractivity (Wildman–Crippen MR) is 262 cm³/mol. The molecule has 0 aliphatic rings. The van der Waals surface area contributed by atoms with Gasteiger partial charge in [0, 0.05) is 0 Å². The first kappa shape index (κ1) is 57.5. The fraction of sp³-hybridized carbons (Fsp3) is 0.982. The number of unbranched alkanes of at least 4 members (excludes halogenated alkanes) is 42. The first-order valence-electron chi connectivity index (χ1n) is 27.8. The van der Waals surface area contributed by atoms with E-state index in [0.717, 1.165) is 25.7 Å². The molecule has 0 aliphatic carbocycles. The summed E-state index contributed by atoms with van der Waals surface area (Å²) >= 11 is 0. The molecule has 0 aromatic rings. The van der Waals surface area contributed by atoms with E-state index in [4.69, 9.17) is 4.74 Å². The lowest BCUT2D eigenvalue weighted by Crippen LogP contribution is -2.34. The lowest BCUT2D eigenvalue weighted by atomic mass is 9.74. The first-order chi connectivity index (χ1) is 28.7. The Balaban J connectivity index is 4.78. The van der Waals surface area contributed by atoms with Crippen molar-refractivity contribution in [2.45, 2.75) is 342 Å². The second-order valence-corrected chi connectivity index (χ2v) is 19.5. The summed E-state index contributed by atoms with van der Waals surface area (Å²) in [7, 11) is 0. The number of carbonyl (C=O) groups excluding carboxylic acids is 1. The molecule has 348 valence electrons. The molecule has 0 aliphatic heterocycles. The van der Waals surface area contributed by atoms with E-state index in [9.17, 15) is 4.79 Å². The van der Waals surface area contributed by atoms with Gasteiger partial charge in [-0.25, -0.2) is 0 Å². The molecule has 58 heavy (non-hydrogen) atoms. The van der Waals surface area contributed by atoms with E-state index in [1.165, 1.54) is 289 Å². The Kier molecular flexibility index (Phi) is 48.7. The van der Waals surface area contributed by atoms with Crippen LogP contribution in [0.1, 0.15) is 342 Å². The highest BCUT2D eigenvalue weighted by atomic mass is 16.5. The van der Waals surface area contributed by atoms with Crippen LogP contribution in [-0.4, -0.2) is 12.6 Å². The van der Waals surface area contributed by atoms with Crippen molar-refractivity contribution in [3.63, 3.8) is 0 Å². The molecule has 1 unspecified atom stereocenters. The van der Waals surface area contributed by atoms with Gasteiger partial charge >= 0.3 is 5.97 Å². The molecule has 0 spiro atoms. The van der Waals surface area contributed by atoms with E-state index in [2.05, 4.69) is 27.7 Å². The molecule has 0 bridgehead atoms. The maximum atomic E-state index is 14.2. The minimum atomic E-state index is -0.239. The highest BCUT2D eigenvalue weighted by molar-refractivity contribution is 5.76. The van der Waals surface area contributed by atoms with E-state index >= 15 is 0 Å². The highest BCUT2D eigenvalue weighted by Gasteiger charge is 2.38. The molecule has 2 heteroatoms. The van der Waals surface area contributed by atoms with Gasteiger partial charge in [-0.15, -0.1) is 0 Å². The Labute approximate surface area is 368 Å². The maximum absolute atomic E-state index is 14.2. The van der Waals surface area contributed by atoms with Crippen molar-refractivity contribution in [3.8, 4) is 0 Å². The predicted octanol–water partition coefficient (Wildman–Crippen LogP) is 20.7. The number of hydrogen-bond donors (Lipinski definition) is 0. The summed E-state index contributed by atoms with van der Waals surface area (Å²) in [5.74, 6) is 0.188. The van der Waals surface area contributed by atoms with E-state index in [1.54, 1.807) is 0 Å². The molecular formula is C56H112O2. The fourth-order valence-electron chi connectivity index (χ4n) is 9.50. The average molecular weight is 818 g/mol. The molecule has 1 atom stereocenters. The van der Waals surface area contributed by atoms with Crippen molar-refractivity contribution >= 4 is 5.97 Å². The summed E-state index contributed by atoms with van der Waals surface area (Å²) in [6.45, 7) is 9.88. The zero-order valence-corrected chi connectivity index (χ0v) is 41.2. The van der Waals surface area contributed by atoms with Crippen molar-refractivity contribution in [2.75, 3.05) is 6.61 Å². The fourth-order valence-corrected chi connectivity index (χ4v) is 9.50. The highest BCUT2D eigenvalue weighted by Crippen LogP contribution is 2.39. The molecule has 0 amide bonds. The molecule has 0 heterocycles. The maximum Gasteiger partial charge on any atom is 0.312 e. The zero-order valence-electron chi connectivity index (χ0n) is 41.2. The van der Waals surface area contributed by atoms with Gasteiger partial charge in [0.1, 0.15) is 0 Å². The van der Waals surface area contributed by atoms with Gasteiger partial charge in [0.15, 0.2) is 0 Å². The van der Waals surface area contributed by atoms with Crippen molar-refractivity contribution in [1.29, 1.82) is 0 Å². The van der Waals surface area contributed by atoms with Crippen LogP contribution < -0.4 is 0 Å². The van der Waals surface area contributed by atoms with Crippen molar-refractivity contribution < 1.29 is 9.53 Å². The smallest absolute Gasteiger partial charge is 0.312 e. The molecule has 0 fully saturated rings. The Morgan fingerprint density at radius 3 is 0.638 bits per heavy atom. The SMILES string of the molecule is CCCCCCCCCCCCCCCCCCOC(=O)C(CCCCCCCC)(CCCCCCCCCCCC)CCCCCCCCCCCCCCCC. The van der Waals surface area contributed by atoms with Gasteiger partial charge in [-0.2, -0.15) is 0 Å². The van der Waals surface area contributed by atoms with E-state index in [0.29, 0.717) is 6.61 Å². The van der Waals surface area contributed by atoms with Crippen LogP contribution in [0.2, 0.25) is 0 Å². The summed E-state index contributed by atoms with van der Waals surface area (Å²) in [6, 6.07) is 0. The topological polar surface area (TPSA) is 26.3 Å². The summed E-state index contributed by atoms with van der Waals surface area (Å²) in [4.78, 5) is 14.2.